The van der Waals surface area contributed by atoms with E-state index in [1.165, 1.54) is 0 Å². The fraction of sp³-hybridized carbons (Fsp3) is 0.889. The van der Waals surface area contributed by atoms with Crippen molar-refractivity contribution in [1.29, 1.82) is 0 Å². The average molecular weight is 203 g/mol. The normalized spacial score (nSPS) is 21.3. The molecule has 1 fully saturated rings. The predicted molar refractivity (Wildman–Crippen MR) is 49.9 cm³/mol. The third-order valence-corrected chi connectivity index (χ3v) is 2.53. The van der Waals surface area contributed by atoms with Crippen LogP contribution in [0.4, 0.5) is 0 Å². The maximum atomic E-state index is 10.2. The maximum Gasteiger partial charge on any atom is 0.306 e. The number of aliphatic hydroxyl groups excluding tert-OH is 1. The number of aliphatic carboxylic acids is 1. The molecule has 5 nitrogen and oxygen atoms in total. The number of carboxylic acid groups (broad SMARTS) is 1. The molecule has 1 atom stereocenters. The Balaban J connectivity index is 2.05. The van der Waals surface area contributed by atoms with E-state index in [0.29, 0.717) is 6.54 Å². The molecular formula is C9H17NO4. The highest BCUT2D eigenvalue weighted by Gasteiger charge is 2.33. The molecule has 1 rings (SSSR count). The first-order chi connectivity index (χ1) is 6.52. The molecule has 0 aromatic heterocycles. The number of carbonyl (C=O) groups is 1. The van der Waals surface area contributed by atoms with Crippen LogP contribution in [0, 0.1) is 0 Å². The number of aliphatic hydroxyl groups is 2. The first-order valence-electron chi connectivity index (χ1n) is 4.85. The quantitative estimate of drug-likeness (QED) is 0.459. The van der Waals surface area contributed by atoms with Crippen molar-refractivity contribution >= 4 is 5.97 Å². The van der Waals surface area contributed by atoms with Crippen LogP contribution in [0.25, 0.3) is 0 Å². The minimum Gasteiger partial charge on any atom is -0.481 e. The average Bonchev–Trinajstić information content (AvgIpc) is 1.99. The Hall–Kier alpha value is -0.650. The number of hydrogen-bond acceptors (Lipinski definition) is 4. The molecule has 1 aliphatic carbocycles. The highest BCUT2D eigenvalue weighted by Crippen LogP contribution is 2.30. The van der Waals surface area contributed by atoms with E-state index in [9.17, 15) is 15.0 Å². The molecule has 1 aliphatic rings. The Morgan fingerprint density at radius 3 is 2.57 bits per heavy atom. The summed E-state index contributed by atoms with van der Waals surface area (Å²) in [6, 6.07) is 0. The van der Waals surface area contributed by atoms with E-state index in [0.717, 1.165) is 19.3 Å². The van der Waals surface area contributed by atoms with Crippen LogP contribution in [-0.2, 0) is 4.79 Å². The molecule has 82 valence electrons. The van der Waals surface area contributed by atoms with Crippen molar-refractivity contribution in [1.82, 2.24) is 5.32 Å². The van der Waals surface area contributed by atoms with Crippen LogP contribution in [0.3, 0.4) is 0 Å². The molecule has 0 radical (unpaired) electrons. The summed E-state index contributed by atoms with van der Waals surface area (Å²) < 4.78 is 0. The van der Waals surface area contributed by atoms with E-state index in [4.69, 9.17) is 5.11 Å². The fourth-order valence-corrected chi connectivity index (χ4v) is 1.51. The van der Waals surface area contributed by atoms with E-state index in [1.54, 1.807) is 0 Å². The predicted octanol–water partition coefficient (Wildman–Crippen LogP) is -0.673. The molecule has 0 aromatic carbocycles. The smallest absolute Gasteiger partial charge is 0.306 e. The summed E-state index contributed by atoms with van der Waals surface area (Å²) in [6.45, 7) is 0.651. The van der Waals surface area contributed by atoms with Gasteiger partial charge in [-0.25, -0.2) is 0 Å². The van der Waals surface area contributed by atoms with Crippen LogP contribution in [0.2, 0.25) is 0 Å². The van der Waals surface area contributed by atoms with Crippen molar-refractivity contribution in [2.75, 3.05) is 13.1 Å². The molecule has 1 saturated carbocycles. The SMILES string of the molecule is O=C(O)CC(O)CNCC1(O)CCC1. The van der Waals surface area contributed by atoms with Crippen LogP contribution >= 0.6 is 0 Å². The van der Waals surface area contributed by atoms with Crippen LogP contribution in [0.1, 0.15) is 25.7 Å². The molecule has 5 heteroatoms. The number of rotatable bonds is 6. The van der Waals surface area contributed by atoms with Gasteiger partial charge >= 0.3 is 5.97 Å². The minimum atomic E-state index is -1.01. The molecule has 1 unspecified atom stereocenters. The van der Waals surface area contributed by atoms with Crippen molar-refractivity contribution in [2.45, 2.75) is 37.4 Å². The standard InChI is InChI=1S/C9H17NO4/c11-7(4-8(12)13)5-10-6-9(14)2-1-3-9/h7,10-11,14H,1-6H2,(H,12,13). The van der Waals surface area contributed by atoms with Crippen LogP contribution in [-0.4, -0.2) is 46.1 Å². The van der Waals surface area contributed by atoms with Gasteiger partial charge in [0.1, 0.15) is 0 Å². The van der Waals surface area contributed by atoms with Crippen molar-refractivity contribution in [2.24, 2.45) is 0 Å². The molecule has 0 aliphatic heterocycles. The number of carboxylic acids is 1. The lowest BCUT2D eigenvalue weighted by Gasteiger charge is -2.36. The first kappa shape index (κ1) is 11.4. The topological polar surface area (TPSA) is 89.8 Å². The zero-order valence-electron chi connectivity index (χ0n) is 8.07. The van der Waals surface area contributed by atoms with Gasteiger partial charge in [0, 0.05) is 13.1 Å². The van der Waals surface area contributed by atoms with Crippen molar-refractivity contribution in [3.63, 3.8) is 0 Å². The molecule has 0 bridgehead atoms. The monoisotopic (exact) mass is 203 g/mol. The van der Waals surface area contributed by atoms with Gasteiger partial charge in [-0.1, -0.05) is 0 Å². The van der Waals surface area contributed by atoms with Gasteiger partial charge in [0.2, 0.25) is 0 Å². The summed E-state index contributed by atoms with van der Waals surface area (Å²) in [4.78, 5) is 10.2. The lowest BCUT2D eigenvalue weighted by molar-refractivity contribution is -0.139. The van der Waals surface area contributed by atoms with E-state index >= 15 is 0 Å². The van der Waals surface area contributed by atoms with E-state index in [2.05, 4.69) is 5.32 Å². The van der Waals surface area contributed by atoms with E-state index < -0.39 is 17.7 Å². The maximum absolute atomic E-state index is 10.2. The first-order valence-corrected chi connectivity index (χ1v) is 4.85. The van der Waals surface area contributed by atoms with Gasteiger partial charge in [0.05, 0.1) is 18.1 Å². The fourth-order valence-electron chi connectivity index (χ4n) is 1.51. The van der Waals surface area contributed by atoms with Crippen molar-refractivity contribution in [3.05, 3.63) is 0 Å². The molecule has 0 amide bonds. The second kappa shape index (κ2) is 4.72. The summed E-state index contributed by atoms with van der Waals surface area (Å²) in [5.41, 5.74) is -0.622. The lowest BCUT2D eigenvalue weighted by Crippen LogP contribution is -2.47. The molecule has 0 heterocycles. The van der Waals surface area contributed by atoms with Gasteiger partial charge in [0.25, 0.3) is 0 Å². The Labute approximate surface area is 82.7 Å². The Kier molecular flexibility index (Phi) is 3.86. The summed E-state index contributed by atoms with van der Waals surface area (Å²) in [5.74, 6) is -1.01. The van der Waals surface area contributed by atoms with E-state index in [1.807, 2.05) is 0 Å². The third kappa shape index (κ3) is 3.61. The van der Waals surface area contributed by atoms with Crippen LogP contribution in [0.5, 0.6) is 0 Å². The molecule has 0 spiro atoms. The van der Waals surface area contributed by atoms with Gasteiger partial charge in [-0.2, -0.15) is 0 Å². The van der Waals surface area contributed by atoms with Crippen molar-refractivity contribution < 1.29 is 20.1 Å². The Morgan fingerprint density at radius 2 is 2.14 bits per heavy atom. The third-order valence-electron chi connectivity index (χ3n) is 2.53. The van der Waals surface area contributed by atoms with Gasteiger partial charge < -0.3 is 20.6 Å². The van der Waals surface area contributed by atoms with Gasteiger partial charge in [-0.05, 0) is 19.3 Å². The zero-order valence-corrected chi connectivity index (χ0v) is 8.07. The second-order valence-corrected chi connectivity index (χ2v) is 3.96. The molecule has 0 aromatic rings. The number of nitrogens with one attached hydrogen (secondary N) is 1. The largest absolute Gasteiger partial charge is 0.481 e. The molecular weight excluding hydrogens is 186 g/mol. The summed E-state index contributed by atoms with van der Waals surface area (Å²) in [5, 5.41) is 30.1. The summed E-state index contributed by atoms with van der Waals surface area (Å²) in [7, 11) is 0. The second-order valence-electron chi connectivity index (χ2n) is 3.96. The number of hydrogen-bond donors (Lipinski definition) is 4. The molecule has 4 N–H and O–H groups in total. The Morgan fingerprint density at radius 1 is 1.50 bits per heavy atom. The van der Waals surface area contributed by atoms with Gasteiger partial charge in [0.15, 0.2) is 0 Å². The highest BCUT2D eigenvalue weighted by molar-refractivity contribution is 5.67. The highest BCUT2D eigenvalue weighted by atomic mass is 16.4. The summed E-state index contributed by atoms with van der Waals surface area (Å²) in [6.07, 6.45) is 1.47. The lowest BCUT2D eigenvalue weighted by atomic mass is 9.80. The summed E-state index contributed by atoms with van der Waals surface area (Å²) >= 11 is 0. The van der Waals surface area contributed by atoms with Crippen LogP contribution < -0.4 is 5.32 Å². The van der Waals surface area contributed by atoms with Crippen LogP contribution in [0.15, 0.2) is 0 Å². The van der Waals surface area contributed by atoms with Gasteiger partial charge in [-0.15, -0.1) is 0 Å². The molecule has 0 saturated heterocycles. The molecule has 14 heavy (non-hydrogen) atoms. The zero-order chi connectivity index (χ0) is 10.6. The van der Waals surface area contributed by atoms with E-state index in [-0.39, 0.29) is 13.0 Å². The minimum absolute atomic E-state index is 0.217. The van der Waals surface area contributed by atoms with Gasteiger partial charge in [-0.3, -0.25) is 4.79 Å². The Bertz CT molecular complexity index is 203. The van der Waals surface area contributed by atoms with Crippen molar-refractivity contribution in [3.8, 4) is 0 Å².